The van der Waals surface area contributed by atoms with Gasteiger partial charge in [-0.2, -0.15) is 0 Å². The van der Waals surface area contributed by atoms with Gasteiger partial charge in [0.1, 0.15) is 5.78 Å². The van der Waals surface area contributed by atoms with Gasteiger partial charge in [0, 0.05) is 27.8 Å². The summed E-state index contributed by atoms with van der Waals surface area (Å²) in [7, 11) is 0. The fourth-order valence-electron chi connectivity index (χ4n) is 2.20. The molecule has 0 aromatic heterocycles. The molecule has 0 unspecified atom stereocenters. The van der Waals surface area contributed by atoms with Crippen LogP contribution in [0.3, 0.4) is 0 Å². The Labute approximate surface area is 136 Å². The molecular formula is C18H32N2O2. The first-order valence-electron chi connectivity index (χ1n) is 8.00. The summed E-state index contributed by atoms with van der Waals surface area (Å²) in [5, 5.41) is 6.16. The van der Waals surface area contributed by atoms with E-state index in [1.54, 1.807) is 0 Å². The third-order valence-electron chi connectivity index (χ3n) is 3.45. The van der Waals surface area contributed by atoms with Gasteiger partial charge in [-0.25, -0.2) is 0 Å². The van der Waals surface area contributed by atoms with Crippen molar-refractivity contribution in [1.29, 1.82) is 0 Å². The Morgan fingerprint density at radius 3 is 2.27 bits per heavy atom. The third kappa shape index (κ3) is 6.85. The summed E-state index contributed by atoms with van der Waals surface area (Å²) in [5.41, 5.74) is 1.12. The predicted octanol–water partition coefficient (Wildman–Crippen LogP) is 2.82. The molecule has 0 heterocycles. The highest BCUT2D eigenvalue weighted by atomic mass is 16.2. The van der Waals surface area contributed by atoms with Crippen molar-refractivity contribution in [2.75, 3.05) is 6.54 Å². The second-order valence-corrected chi connectivity index (χ2v) is 6.23. The van der Waals surface area contributed by atoms with Gasteiger partial charge in [-0.15, -0.1) is 0 Å². The van der Waals surface area contributed by atoms with Crippen LogP contribution in [0.1, 0.15) is 42.5 Å². The summed E-state index contributed by atoms with van der Waals surface area (Å²) in [5.74, 6) is 0.150. The number of Topliss-reactive ketones (excluding diaryl/α,β-unsaturated/α-hetero) is 1. The first kappa shape index (κ1) is 18.4. The summed E-state index contributed by atoms with van der Waals surface area (Å²) in [6, 6.07) is 9.89. The monoisotopic (exact) mass is 308 g/mol. The van der Waals surface area contributed by atoms with Crippen LogP contribution >= 0.6 is 0 Å². The Hall–Kier alpha value is -1.68. The van der Waals surface area contributed by atoms with E-state index in [1.807, 2.05) is 58.0 Å². The maximum atomic E-state index is 12.3. The molecule has 2 N–H and O–H groups in total. The maximum absolute atomic E-state index is 12.3. The number of amides is 1. The van der Waals surface area contributed by atoms with Crippen LogP contribution < -0.4 is 10.6 Å². The molecule has 0 aliphatic carbocycles. The number of hydrogen-bond acceptors (Lipinski definition) is 3. The number of carbonyl (C=O) groups is 2. The second-order valence-electron chi connectivity index (χ2n) is 6.23. The van der Waals surface area contributed by atoms with Gasteiger partial charge in [0.15, 0.2) is 0 Å². The molecular weight excluding hydrogens is 276 g/mol. The van der Waals surface area contributed by atoms with Crippen molar-refractivity contribution in [2.24, 2.45) is 5.92 Å². The Morgan fingerprint density at radius 1 is 1.09 bits per heavy atom. The number of hydrogen-bond donors (Lipinski definition) is 2. The quantitative estimate of drug-likeness (QED) is 0.737. The van der Waals surface area contributed by atoms with E-state index in [0.717, 1.165) is 5.56 Å². The van der Waals surface area contributed by atoms with Crippen LogP contribution in [0.4, 0.5) is 0 Å². The number of carbonyl (C=O) groups excluding carboxylic acids is 2. The summed E-state index contributed by atoms with van der Waals surface area (Å²) in [6.45, 7) is 8.20. The smallest absolute Gasteiger partial charge is 0.237 e. The fourth-order valence-corrected chi connectivity index (χ4v) is 2.20. The van der Waals surface area contributed by atoms with Crippen LogP contribution in [0.5, 0.6) is 0 Å². The Morgan fingerprint density at radius 2 is 1.73 bits per heavy atom. The van der Waals surface area contributed by atoms with Crippen LogP contribution in [0.2, 0.25) is 0 Å². The van der Waals surface area contributed by atoms with E-state index in [1.165, 1.54) is 0 Å². The second kappa shape index (κ2) is 9.36. The molecule has 4 nitrogen and oxygen atoms in total. The molecule has 1 aromatic rings. The molecule has 0 aliphatic rings. The summed E-state index contributed by atoms with van der Waals surface area (Å²) >= 11 is 0. The topological polar surface area (TPSA) is 58.2 Å². The molecule has 0 fully saturated rings. The van der Waals surface area contributed by atoms with Crippen LogP contribution in [0.15, 0.2) is 30.3 Å². The molecule has 1 atom stereocenters. The van der Waals surface area contributed by atoms with Gasteiger partial charge in [-0.05, 0) is 12.0 Å². The molecule has 1 amide bonds. The van der Waals surface area contributed by atoms with Crippen molar-refractivity contribution in [2.45, 2.75) is 52.6 Å². The number of benzene rings is 1. The maximum Gasteiger partial charge on any atom is 0.237 e. The third-order valence-corrected chi connectivity index (χ3v) is 3.45. The standard InChI is InChI=1S/C18H28N2O2.2H2/c1-13(2)17(21)10-11-19-18(22)16(20-14(3)4)12-15-8-6-5-7-9-15;;/h5-9,13-14,16,20H,10-12H2,1-4H3,(H,19,22);2*1H/t16-;;/m0../s1. The summed E-state index contributed by atoms with van der Waals surface area (Å²) < 4.78 is 0. The Kier molecular flexibility index (Phi) is 7.82. The Bertz CT molecular complexity index is 479. The van der Waals surface area contributed by atoms with E-state index in [-0.39, 0.29) is 32.5 Å². The molecule has 4 heteroatoms. The zero-order valence-electron chi connectivity index (χ0n) is 14.1. The highest BCUT2D eigenvalue weighted by Gasteiger charge is 2.19. The lowest BCUT2D eigenvalue weighted by atomic mass is 10.0. The van der Waals surface area contributed by atoms with Crippen LogP contribution in [-0.4, -0.2) is 30.3 Å². The van der Waals surface area contributed by atoms with E-state index in [4.69, 9.17) is 0 Å². The minimum atomic E-state index is -0.281. The summed E-state index contributed by atoms with van der Waals surface area (Å²) in [6.07, 6.45) is 1.03. The van der Waals surface area contributed by atoms with Gasteiger partial charge in [0.05, 0.1) is 6.04 Å². The van der Waals surface area contributed by atoms with E-state index < -0.39 is 0 Å². The summed E-state index contributed by atoms with van der Waals surface area (Å²) in [4.78, 5) is 23.9. The highest BCUT2D eigenvalue weighted by molar-refractivity contribution is 5.84. The van der Waals surface area contributed by atoms with Crippen LogP contribution in [0, 0.1) is 5.92 Å². The lowest BCUT2D eigenvalue weighted by Gasteiger charge is -2.21. The van der Waals surface area contributed by atoms with E-state index >= 15 is 0 Å². The Balaban J connectivity index is 0. The van der Waals surface area contributed by atoms with Gasteiger partial charge < -0.3 is 10.6 Å². The lowest BCUT2D eigenvalue weighted by molar-refractivity contribution is -0.124. The molecule has 126 valence electrons. The first-order valence-corrected chi connectivity index (χ1v) is 8.00. The van der Waals surface area contributed by atoms with Gasteiger partial charge in [0.2, 0.25) is 5.91 Å². The molecule has 0 saturated carbocycles. The fraction of sp³-hybridized carbons (Fsp3) is 0.556. The number of nitrogens with one attached hydrogen (secondary N) is 2. The normalized spacial score (nSPS) is 12.5. The minimum absolute atomic E-state index is 0. The molecule has 0 bridgehead atoms. The highest BCUT2D eigenvalue weighted by Crippen LogP contribution is 2.05. The molecule has 1 rings (SSSR count). The van der Waals surface area contributed by atoms with Gasteiger partial charge in [-0.3, -0.25) is 9.59 Å². The molecule has 0 spiro atoms. The van der Waals surface area contributed by atoms with Crippen molar-refractivity contribution in [3.63, 3.8) is 0 Å². The van der Waals surface area contributed by atoms with Crippen molar-refractivity contribution in [1.82, 2.24) is 10.6 Å². The molecule has 22 heavy (non-hydrogen) atoms. The van der Waals surface area contributed by atoms with Crippen molar-refractivity contribution in [3.8, 4) is 0 Å². The SMILES string of the molecule is CC(C)N[C@@H](Cc1ccccc1)C(=O)NCCC(=O)C(C)C.[HH].[HH]. The zero-order chi connectivity index (χ0) is 16.5. The minimum Gasteiger partial charge on any atom is -0.354 e. The molecule has 1 aromatic carbocycles. The van der Waals surface area contributed by atoms with Crippen molar-refractivity contribution < 1.29 is 12.4 Å². The largest absolute Gasteiger partial charge is 0.354 e. The predicted molar refractivity (Wildman–Crippen MR) is 93.9 cm³/mol. The van der Waals surface area contributed by atoms with Crippen LogP contribution in [0.25, 0.3) is 0 Å². The lowest BCUT2D eigenvalue weighted by Crippen LogP contribution is -2.48. The molecule has 0 saturated heterocycles. The van der Waals surface area contributed by atoms with Gasteiger partial charge >= 0.3 is 0 Å². The van der Waals surface area contributed by atoms with Crippen molar-refractivity contribution in [3.05, 3.63) is 35.9 Å². The number of ketones is 1. The average Bonchev–Trinajstić information content (AvgIpc) is 2.46. The zero-order valence-corrected chi connectivity index (χ0v) is 14.1. The molecule has 0 aliphatic heterocycles. The van der Waals surface area contributed by atoms with E-state index in [9.17, 15) is 9.59 Å². The van der Waals surface area contributed by atoms with Gasteiger partial charge in [-0.1, -0.05) is 58.0 Å². The van der Waals surface area contributed by atoms with Crippen LogP contribution in [-0.2, 0) is 16.0 Å². The van der Waals surface area contributed by atoms with Crippen molar-refractivity contribution >= 4 is 11.7 Å². The van der Waals surface area contributed by atoms with Gasteiger partial charge in [0.25, 0.3) is 0 Å². The molecule has 0 radical (unpaired) electrons. The van der Waals surface area contributed by atoms with E-state index in [0.29, 0.717) is 19.4 Å². The first-order chi connectivity index (χ1) is 10.4. The van der Waals surface area contributed by atoms with E-state index in [2.05, 4.69) is 10.6 Å². The average molecular weight is 308 g/mol. The number of rotatable bonds is 9.